The lowest BCUT2D eigenvalue weighted by atomic mass is 10.0. The van der Waals surface area contributed by atoms with Crippen molar-refractivity contribution < 1.29 is 14.0 Å². The average molecular weight is 345 g/mol. The fraction of sp³-hybridized carbons (Fsp3) is 0.294. The number of benzene rings is 1. The zero-order valence-electron chi connectivity index (χ0n) is 13.3. The summed E-state index contributed by atoms with van der Waals surface area (Å²) in [5, 5.41) is 10.9. The van der Waals surface area contributed by atoms with Gasteiger partial charge in [0.05, 0.1) is 32.2 Å². The molecule has 6 nitrogen and oxygen atoms in total. The van der Waals surface area contributed by atoms with Gasteiger partial charge in [0, 0.05) is 6.42 Å². The molecule has 0 amide bonds. The van der Waals surface area contributed by atoms with E-state index in [0.29, 0.717) is 18.2 Å². The van der Waals surface area contributed by atoms with Gasteiger partial charge in [-0.05, 0) is 54.2 Å². The molecule has 0 spiro atoms. The summed E-state index contributed by atoms with van der Waals surface area (Å²) in [6, 6.07) is 11.5. The molecule has 0 saturated heterocycles. The Labute approximate surface area is 145 Å². The Morgan fingerprint density at radius 2 is 2.12 bits per heavy atom. The summed E-state index contributed by atoms with van der Waals surface area (Å²) in [4.78, 5) is 5.47. The molecule has 1 aliphatic rings. The summed E-state index contributed by atoms with van der Waals surface area (Å²) < 4.78 is 10.4. The van der Waals surface area contributed by atoms with Crippen molar-refractivity contribution in [3.63, 3.8) is 0 Å². The van der Waals surface area contributed by atoms with E-state index < -0.39 is 0 Å². The highest BCUT2D eigenvalue weighted by atomic mass is 32.1. The van der Waals surface area contributed by atoms with E-state index in [1.54, 1.807) is 13.4 Å². The lowest BCUT2D eigenvalue weighted by Gasteiger charge is -2.12. The molecule has 1 aromatic carbocycles. The maximum atomic E-state index is 5.47. The van der Waals surface area contributed by atoms with Crippen molar-refractivity contribution in [2.24, 2.45) is 5.16 Å². The van der Waals surface area contributed by atoms with Gasteiger partial charge in [0.1, 0.15) is 17.6 Å². The molecule has 0 fully saturated rings. The predicted octanol–water partition coefficient (Wildman–Crippen LogP) is 2.45. The Kier molecular flexibility index (Phi) is 5.32. The minimum absolute atomic E-state index is 0.0366. The number of methoxy groups -OCH3 is 1. The third-order valence-electron chi connectivity index (χ3n) is 3.65. The standard InChI is InChI=1S/C17H19N3O3S/c1-21-13-6-4-12(5-7-13)16-9-15(23-20-16)11-19-17(24)18-10-14-3-2-8-22-14/h2-8,15H,9-11H2,1H3,(H2,18,19,24)/t15-/m0/s1. The molecule has 2 N–H and O–H groups in total. The molecule has 2 aromatic rings. The van der Waals surface area contributed by atoms with Crippen LogP contribution >= 0.6 is 12.2 Å². The van der Waals surface area contributed by atoms with Gasteiger partial charge in [-0.15, -0.1) is 0 Å². The van der Waals surface area contributed by atoms with Gasteiger partial charge in [-0.3, -0.25) is 0 Å². The van der Waals surface area contributed by atoms with E-state index in [2.05, 4.69) is 15.8 Å². The third kappa shape index (κ3) is 4.26. The largest absolute Gasteiger partial charge is 0.497 e. The highest BCUT2D eigenvalue weighted by molar-refractivity contribution is 7.80. The third-order valence-corrected chi connectivity index (χ3v) is 3.94. The Morgan fingerprint density at radius 1 is 1.29 bits per heavy atom. The van der Waals surface area contributed by atoms with Crippen molar-refractivity contribution in [3.8, 4) is 5.75 Å². The zero-order chi connectivity index (χ0) is 16.8. The molecule has 0 saturated carbocycles. The van der Waals surface area contributed by atoms with Crippen molar-refractivity contribution in [1.29, 1.82) is 0 Å². The van der Waals surface area contributed by atoms with E-state index in [4.69, 9.17) is 26.2 Å². The van der Waals surface area contributed by atoms with Crippen LogP contribution in [0.4, 0.5) is 0 Å². The molecule has 1 aliphatic heterocycles. The number of nitrogens with zero attached hydrogens (tertiary/aromatic N) is 1. The van der Waals surface area contributed by atoms with Crippen LogP contribution in [-0.2, 0) is 11.4 Å². The highest BCUT2D eigenvalue weighted by Crippen LogP contribution is 2.19. The summed E-state index contributed by atoms with van der Waals surface area (Å²) in [6.45, 7) is 1.14. The second kappa shape index (κ2) is 7.83. The molecule has 1 aromatic heterocycles. The van der Waals surface area contributed by atoms with Crippen LogP contribution in [0.3, 0.4) is 0 Å². The second-order valence-corrected chi connectivity index (χ2v) is 5.75. The first-order chi connectivity index (χ1) is 11.7. The lowest BCUT2D eigenvalue weighted by molar-refractivity contribution is 0.0885. The molecule has 126 valence electrons. The molecule has 0 unspecified atom stereocenters. The van der Waals surface area contributed by atoms with E-state index in [-0.39, 0.29) is 6.10 Å². The summed E-state index contributed by atoms with van der Waals surface area (Å²) in [5.74, 6) is 1.66. The molecule has 7 heteroatoms. The Balaban J connectivity index is 1.41. The molecule has 3 rings (SSSR count). The summed E-state index contributed by atoms with van der Waals surface area (Å²) in [7, 11) is 1.65. The van der Waals surface area contributed by atoms with E-state index in [1.165, 1.54) is 0 Å². The average Bonchev–Trinajstić information content (AvgIpc) is 3.30. The van der Waals surface area contributed by atoms with Gasteiger partial charge in [0.25, 0.3) is 0 Å². The molecule has 0 aliphatic carbocycles. The minimum atomic E-state index is -0.0366. The molecule has 0 bridgehead atoms. The summed E-state index contributed by atoms with van der Waals surface area (Å²) >= 11 is 5.24. The maximum absolute atomic E-state index is 5.47. The van der Waals surface area contributed by atoms with Crippen LogP contribution in [0.5, 0.6) is 5.75 Å². The molecular formula is C17H19N3O3S. The Morgan fingerprint density at radius 3 is 2.83 bits per heavy atom. The van der Waals surface area contributed by atoms with Crippen molar-refractivity contribution in [3.05, 3.63) is 54.0 Å². The first kappa shape index (κ1) is 16.3. The number of ether oxygens (including phenoxy) is 1. The van der Waals surface area contributed by atoms with Gasteiger partial charge >= 0.3 is 0 Å². The van der Waals surface area contributed by atoms with Crippen molar-refractivity contribution in [1.82, 2.24) is 10.6 Å². The fourth-order valence-corrected chi connectivity index (χ4v) is 2.50. The van der Waals surface area contributed by atoms with Gasteiger partial charge in [-0.1, -0.05) is 5.16 Å². The monoisotopic (exact) mass is 345 g/mol. The smallest absolute Gasteiger partial charge is 0.166 e. The SMILES string of the molecule is COc1ccc(C2=NO[C@H](CNC(=S)NCc3ccco3)C2)cc1. The number of hydrogen-bond acceptors (Lipinski definition) is 5. The zero-order valence-corrected chi connectivity index (χ0v) is 14.1. The van der Waals surface area contributed by atoms with Gasteiger partial charge in [-0.2, -0.15) is 0 Å². The Bertz CT molecular complexity index is 698. The first-order valence-corrected chi connectivity index (χ1v) is 8.06. The lowest BCUT2D eigenvalue weighted by Crippen LogP contribution is -2.39. The second-order valence-electron chi connectivity index (χ2n) is 5.34. The fourth-order valence-electron chi connectivity index (χ4n) is 2.34. The van der Waals surface area contributed by atoms with Crippen LogP contribution in [0.1, 0.15) is 17.7 Å². The predicted molar refractivity (Wildman–Crippen MR) is 95.2 cm³/mol. The van der Waals surface area contributed by atoms with Crippen LogP contribution in [0.25, 0.3) is 0 Å². The number of furan rings is 1. The van der Waals surface area contributed by atoms with E-state index in [0.717, 1.165) is 29.2 Å². The quantitative estimate of drug-likeness (QED) is 0.784. The number of oxime groups is 1. The highest BCUT2D eigenvalue weighted by Gasteiger charge is 2.22. The van der Waals surface area contributed by atoms with Crippen LogP contribution in [0, 0.1) is 0 Å². The van der Waals surface area contributed by atoms with E-state index in [9.17, 15) is 0 Å². The van der Waals surface area contributed by atoms with Gasteiger partial charge in [-0.25, -0.2) is 0 Å². The molecule has 2 heterocycles. The topological polar surface area (TPSA) is 68.0 Å². The molecule has 24 heavy (non-hydrogen) atoms. The van der Waals surface area contributed by atoms with Gasteiger partial charge in [0.2, 0.25) is 0 Å². The number of hydrogen-bond donors (Lipinski definition) is 2. The van der Waals surface area contributed by atoms with Crippen LogP contribution < -0.4 is 15.4 Å². The summed E-state index contributed by atoms with van der Waals surface area (Å²) in [5.41, 5.74) is 1.97. The minimum Gasteiger partial charge on any atom is -0.497 e. The van der Waals surface area contributed by atoms with E-state index >= 15 is 0 Å². The molecule has 1 atom stereocenters. The van der Waals surface area contributed by atoms with Crippen molar-refractivity contribution in [2.75, 3.05) is 13.7 Å². The summed E-state index contributed by atoms with van der Waals surface area (Å²) in [6.07, 6.45) is 2.34. The van der Waals surface area contributed by atoms with Gasteiger partial charge in [0.15, 0.2) is 5.11 Å². The normalized spacial score (nSPS) is 16.2. The van der Waals surface area contributed by atoms with Crippen LogP contribution in [0.15, 0.2) is 52.2 Å². The van der Waals surface area contributed by atoms with Crippen molar-refractivity contribution in [2.45, 2.75) is 19.1 Å². The van der Waals surface area contributed by atoms with Crippen LogP contribution in [0.2, 0.25) is 0 Å². The van der Waals surface area contributed by atoms with Crippen LogP contribution in [-0.4, -0.2) is 30.6 Å². The first-order valence-electron chi connectivity index (χ1n) is 7.66. The van der Waals surface area contributed by atoms with E-state index in [1.807, 2.05) is 36.4 Å². The number of thiocarbonyl (C=S) groups is 1. The number of rotatable bonds is 6. The molecular weight excluding hydrogens is 326 g/mol. The Hall–Kier alpha value is -2.54. The number of nitrogens with one attached hydrogen (secondary N) is 2. The molecule has 0 radical (unpaired) electrons. The van der Waals surface area contributed by atoms with Gasteiger partial charge < -0.3 is 24.6 Å². The maximum Gasteiger partial charge on any atom is 0.166 e. The van der Waals surface area contributed by atoms with Crippen molar-refractivity contribution >= 4 is 23.0 Å².